The van der Waals surface area contributed by atoms with Crippen LogP contribution in [-0.2, 0) is 10.4 Å². The van der Waals surface area contributed by atoms with Crippen LogP contribution in [-0.4, -0.2) is 29.5 Å². The van der Waals surface area contributed by atoms with E-state index >= 15 is 0 Å². The summed E-state index contributed by atoms with van der Waals surface area (Å²) in [5.74, 6) is -0.169. The molecule has 0 aromatic heterocycles. The Hall–Kier alpha value is -0.600. The number of hydroxylamine groups is 1. The maximum Gasteiger partial charge on any atom is 1.00 e. The topological polar surface area (TPSA) is 92.5 Å². The summed E-state index contributed by atoms with van der Waals surface area (Å²) in [6, 6.07) is 5.89. The van der Waals surface area contributed by atoms with E-state index in [0.717, 1.165) is 0 Å². The molecule has 0 spiro atoms. The zero-order chi connectivity index (χ0) is 14.0. The molecule has 19 heavy (non-hydrogen) atoms. The molecule has 0 aliphatic heterocycles. The molecule has 6 nitrogen and oxygen atoms in total. The van der Waals surface area contributed by atoms with Crippen molar-refractivity contribution in [2.24, 2.45) is 0 Å². The summed E-state index contributed by atoms with van der Waals surface area (Å²) in [6.07, 6.45) is 1.18. The van der Waals surface area contributed by atoms with Crippen LogP contribution < -0.4 is 33.7 Å². The molecule has 1 aromatic carbocycles. The minimum absolute atomic E-state index is 0. The first-order chi connectivity index (χ1) is 8.09. The maximum atomic E-state index is 11.7. The third-order valence-corrected chi connectivity index (χ3v) is 2.41. The van der Waals surface area contributed by atoms with Gasteiger partial charge in [0.15, 0.2) is 17.5 Å². The number of nitrogens with zero attached hydrogens (tertiary/aromatic N) is 1. The van der Waals surface area contributed by atoms with Gasteiger partial charge in [0.25, 0.3) is 10.4 Å². The molecular weight excluding hydrogens is 281 g/mol. The van der Waals surface area contributed by atoms with Crippen LogP contribution in [0.2, 0.25) is 0 Å². The van der Waals surface area contributed by atoms with E-state index in [-0.39, 0.29) is 40.9 Å². The van der Waals surface area contributed by atoms with E-state index in [1.165, 1.54) is 24.4 Å². The Morgan fingerprint density at radius 1 is 1.26 bits per heavy atom. The van der Waals surface area contributed by atoms with E-state index < -0.39 is 15.9 Å². The van der Waals surface area contributed by atoms with Gasteiger partial charge >= 0.3 is 29.6 Å². The number of hydrogen-bond acceptors (Lipinski definition) is 5. The molecule has 8 heteroatoms. The summed E-state index contributed by atoms with van der Waals surface area (Å²) in [5, 5.41) is 11.7. The van der Waals surface area contributed by atoms with Gasteiger partial charge < -0.3 is 13.9 Å². The number of para-hydroxylation sites is 1. The van der Waals surface area contributed by atoms with Gasteiger partial charge in [-0.05, 0) is 12.1 Å². The third kappa shape index (κ3) is 6.40. The molecule has 0 aliphatic carbocycles. The summed E-state index contributed by atoms with van der Waals surface area (Å²) >= 11 is 0. The average molecular weight is 295 g/mol. The van der Waals surface area contributed by atoms with E-state index in [1.807, 2.05) is 0 Å². The molecule has 0 N–H and O–H groups in total. The van der Waals surface area contributed by atoms with Crippen LogP contribution >= 0.6 is 0 Å². The van der Waals surface area contributed by atoms with Crippen molar-refractivity contribution in [3.8, 4) is 5.75 Å². The fourth-order valence-corrected chi connectivity index (χ4v) is 1.46. The molecule has 0 saturated carbocycles. The van der Waals surface area contributed by atoms with Gasteiger partial charge in [0.05, 0.1) is 5.56 Å². The number of benzene rings is 1. The summed E-state index contributed by atoms with van der Waals surface area (Å²) in [4.78, 5) is 0. The average Bonchev–Trinajstić information content (AvgIpc) is 2.17. The molecule has 0 saturated heterocycles. The molecule has 0 atom stereocenters. The fraction of sp³-hybridized carbons (Fsp3) is 0.364. The molecule has 0 bridgehead atoms. The Morgan fingerprint density at radius 3 is 2.26 bits per heavy atom. The first kappa shape index (κ1) is 18.4. The van der Waals surface area contributed by atoms with Crippen molar-refractivity contribution in [3.05, 3.63) is 35.0 Å². The normalized spacial score (nSPS) is 12.7. The molecule has 0 fully saturated rings. The van der Waals surface area contributed by atoms with Gasteiger partial charge in [-0.15, -0.1) is 0 Å². The van der Waals surface area contributed by atoms with Gasteiger partial charge in [-0.3, -0.25) is 0 Å². The number of rotatable bonds is 3. The second-order valence-corrected chi connectivity index (χ2v) is 5.64. The first-order valence-electron chi connectivity index (χ1n) is 5.15. The monoisotopic (exact) mass is 295 g/mol. The van der Waals surface area contributed by atoms with Gasteiger partial charge in [0, 0.05) is 20.8 Å². The van der Waals surface area contributed by atoms with E-state index in [0.29, 0.717) is 4.74 Å². The predicted octanol–water partition coefficient (Wildman–Crippen LogP) is -1.74. The van der Waals surface area contributed by atoms with Crippen molar-refractivity contribution in [1.82, 2.24) is 0 Å². The van der Waals surface area contributed by atoms with Crippen LogP contribution in [0.5, 0.6) is 5.75 Å². The van der Waals surface area contributed by atoms with Crippen molar-refractivity contribution in [2.75, 3.05) is 0 Å². The molecule has 0 heterocycles. The van der Waals surface area contributed by atoms with E-state index in [4.69, 9.17) is 0 Å². The van der Waals surface area contributed by atoms with Crippen molar-refractivity contribution in [3.63, 3.8) is 0 Å². The van der Waals surface area contributed by atoms with Gasteiger partial charge in [0.2, 0.25) is 0 Å². The predicted molar refractivity (Wildman–Crippen MR) is 65.3 cm³/mol. The van der Waals surface area contributed by atoms with Gasteiger partial charge in [-0.2, -0.15) is 0 Å². The minimum Gasteiger partial charge on any atom is -0.716 e. The van der Waals surface area contributed by atoms with Crippen LogP contribution in [0.15, 0.2) is 24.3 Å². The second kappa shape index (κ2) is 6.71. The van der Waals surface area contributed by atoms with Crippen molar-refractivity contribution < 1.29 is 51.4 Å². The minimum atomic E-state index is -4.86. The molecule has 0 unspecified atom stereocenters. The Labute approximate surface area is 134 Å². The van der Waals surface area contributed by atoms with Gasteiger partial charge in [-0.25, -0.2) is 13.2 Å². The van der Waals surface area contributed by atoms with Crippen LogP contribution in [0.25, 0.3) is 0 Å². The quantitative estimate of drug-likeness (QED) is 0.125. The number of hydrogen-bond donors (Lipinski definition) is 0. The van der Waals surface area contributed by atoms with Crippen molar-refractivity contribution in [2.45, 2.75) is 26.3 Å². The van der Waals surface area contributed by atoms with Gasteiger partial charge in [0.1, 0.15) is 0 Å². The van der Waals surface area contributed by atoms with Crippen molar-refractivity contribution >= 4 is 16.6 Å². The molecule has 1 aromatic rings. The molecule has 100 valence electrons. The Bertz CT molecular complexity index is 563. The summed E-state index contributed by atoms with van der Waals surface area (Å²) in [5.41, 5.74) is -0.453. The largest absolute Gasteiger partial charge is 1.00 e. The summed E-state index contributed by atoms with van der Waals surface area (Å²) in [6.45, 7) is 5.10. The molecule has 0 radical (unpaired) electrons. The standard InChI is InChI=1S/C11H15NO5S.Na/c1-11(2,3)12(13)8-9-6-4-5-7-10(9)17-18(14,15)16;/h4-8H,1-3H3,(H,14,15,16);/q;+1/p-1. The van der Waals surface area contributed by atoms with Crippen LogP contribution in [0, 0.1) is 5.21 Å². The first-order valence-corrected chi connectivity index (χ1v) is 6.48. The summed E-state index contributed by atoms with van der Waals surface area (Å²) in [7, 11) is -4.86. The smallest absolute Gasteiger partial charge is 0.716 e. The van der Waals surface area contributed by atoms with Crippen LogP contribution in [0.1, 0.15) is 26.3 Å². The Kier molecular flexibility index (Phi) is 6.50. The third-order valence-electron chi connectivity index (χ3n) is 2.03. The van der Waals surface area contributed by atoms with Crippen LogP contribution in [0.3, 0.4) is 0 Å². The van der Waals surface area contributed by atoms with E-state index in [9.17, 15) is 18.2 Å². The maximum absolute atomic E-state index is 11.7. The fourth-order valence-electron chi connectivity index (χ4n) is 1.09. The van der Waals surface area contributed by atoms with Gasteiger partial charge in [-0.1, -0.05) is 12.1 Å². The SMILES string of the molecule is CC(C)(C)[N+]([O-])=Cc1ccccc1OS(=O)(=O)[O-].[Na+]. The molecule has 0 amide bonds. The van der Waals surface area contributed by atoms with E-state index in [2.05, 4.69) is 4.18 Å². The molecular formula is C11H14NNaO5S. The van der Waals surface area contributed by atoms with Crippen LogP contribution in [0.4, 0.5) is 0 Å². The zero-order valence-corrected chi connectivity index (χ0v) is 14.1. The zero-order valence-electron chi connectivity index (χ0n) is 11.3. The molecule has 0 aliphatic rings. The van der Waals surface area contributed by atoms with Crippen molar-refractivity contribution in [1.29, 1.82) is 0 Å². The second-order valence-electron chi connectivity index (χ2n) is 4.66. The Morgan fingerprint density at radius 2 is 1.79 bits per heavy atom. The molecule has 1 rings (SSSR count). The van der Waals surface area contributed by atoms with E-state index in [1.54, 1.807) is 26.8 Å². The Balaban J connectivity index is 0.00000324. The summed E-state index contributed by atoms with van der Waals surface area (Å²) < 4.78 is 36.6.